The zero-order valence-corrected chi connectivity index (χ0v) is 13.2. The number of carbonyl (C=O) groups excluding carboxylic acids is 1. The molecule has 116 valence electrons. The van der Waals surface area contributed by atoms with E-state index in [0.717, 1.165) is 19.4 Å². The van der Waals surface area contributed by atoms with E-state index >= 15 is 0 Å². The number of nitrogens with zero attached hydrogens (tertiary/aromatic N) is 1. The van der Waals surface area contributed by atoms with Crippen LogP contribution in [0, 0.1) is 11.3 Å². The number of benzene rings is 1. The molecule has 5 nitrogen and oxygen atoms in total. The molecule has 0 aromatic heterocycles. The Bertz CT molecular complexity index is 620. The average molecular weight is 340 g/mol. The maximum Gasteiger partial charge on any atom is 0.267 e. The van der Waals surface area contributed by atoms with Crippen LogP contribution in [0.5, 0.6) is 0 Å². The van der Waals surface area contributed by atoms with Gasteiger partial charge in [-0.3, -0.25) is 4.79 Å². The van der Waals surface area contributed by atoms with Crippen LogP contribution >= 0.6 is 23.2 Å². The van der Waals surface area contributed by atoms with Crippen molar-refractivity contribution in [2.45, 2.75) is 18.9 Å². The van der Waals surface area contributed by atoms with Gasteiger partial charge in [0, 0.05) is 25.0 Å². The maximum atomic E-state index is 12.0. The number of ether oxygens (including phenoxy) is 1. The second-order valence-electron chi connectivity index (χ2n) is 4.80. The Labute approximate surface area is 138 Å². The molecule has 1 aromatic rings. The molecule has 1 heterocycles. The first-order chi connectivity index (χ1) is 10.6. The molecule has 0 saturated carbocycles. The molecule has 2 rings (SSSR count). The fourth-order valence-electron chi connectivity index (χ4n) is 2.02. The highest BCUT2D eigenvalue weighted by Gasteiger charge is 2.15. The molecule has 1 saturated heterocycles. The minimum atomic E-state index is -0.513. The third-order valence-electron chi connectivity index (χ3n) is 3.16. The summed E-state index contributed by atoms with van der Waals surface area (Å²) >= 11 is 11.7. The molecule has 1 aromatic carbocycles. The maximum absolute atomic E-state index is 12.0. The summed E-state index contributed by atoms with van der Waals surface area (Å²) < 4.78 is 5.45. The van der Waals surface area contributed by atoms with E-state index in [1.165, 1.54) is 12.3 Å². The molecular weight excluding hydrogens is 325 g/mol. The first-order valence-corrected chi connectivity index (χ1v) is 7.57. The van der Waals surface area contributed by atoms with Crippen LogP contribution in [0.25, 0.3) is 0 Å². The largest absolute Gasteiger partial charge is 0.387 e. The quantitative estimate of drug-likeness (QED) is 0.638. The monoisotopic (exact) mass is 339 g/mol. The Hall–Kier alpha value is -1.74. The van der Waals surface area contributed by atoms with E-state index in [0.29, 0.717) is 22.3 Å². The van der Waals surface area contributed by atoms with Crippen LogP contribution in [-0.2, 0) is 9.53 Å². The first-order valence-electron chi connectivity index (χ1n) is 6.82. The number of nitriles is 1. The molecule has 1 aliphatic rings. The minimum absolute atomic E-state index is 0.0240. The summed E-state index contributed by atoms with van der Waals surface area (Å²) in [5.74, 6) is -0.513. The first kappa shape index (κ1) is 16.6. The Morgan fingerprint density at radius 2 is 2.27 bits per heavy atom. The lowest BCUT2D eigenvalue weighted by atomic mass is 10.2. The molecule has 2 N–H and O–H groups in total. The molecule has 0 aliphatic carbocycles. The summed E-state index contributed by atoms with van der Waals surface area (Å²) in [5, 5.41) is 15.3. The summed E-state index contributed by atoms with van der Waals surface area (Å²) in [4.78, 5) is 12.0. The number of carbonyl (C=O) groups is 1. The van der Waals surface area contributed by atoms with Gasteiger partial charge in [0.2, 0.25) is 0 Å². The molecule has 0 radical (unpaired) electrons. The molecule has 1 fully saturated rings. The molecule has 0 bridgehead atoms. The lowest BCUT2D eigenvalue weighted by Crippen LogP contribution is -2.24. The number of anilines is 1. The lowest BCUT2D eigenvalue weighted by molar-refractivity contribution is -0.112. The van der Waals surface area contributed by atoms with Crippen molar-refractivity contribution in [2.75, 3.05) is 18.5 Å². The minimum Gasteiger partial charge on any atom is -0.387 e. The van der Waals surface area contributed by atoms with E-state index in [2.05, 4.69) is 10.6 Å². The highest BCUT2D eigenvalue weighted by atomic mass is 35.5. The normalized spacial score (nSPS) is 17.9. The van der Waals surface area contributed by atoms with Crippen LogP contribution in [0.1, 0.15) is 12.8 Å². The smallest absolute Gasteiger partial charge is 0.267 e. The summed E-state index contributed by atoms with van der Waals surface area (Å²) in [6.45, 7) is 1.34. The second kappa shape index (κ2) is 8.04. The topological polar surface area (TPSA) is 74.1 Å². The van der Waals surface area contributed by atoms with Crippen LogP contribution in [0.15, 0.2) is 30.0 Å². The zero-order chi connectivity index (χ0) is 15.9. The van der Waals surface area contributed by atoms with Crippen molar-refractivity contribution in [1.29, 1.82) is 5.26 Å². The van der Waals surface area contributed by atoms with Crippen LogP contribution in [0.4, 0.5) is 5.69 Å². The molecule has 1 atom stereocenters. The van der Waals surface area contributed by atoms with Crippen molar-refractivity contribution in [3.8, 4) is 6.07 Å². The van der Waals surface area contributed by atoms with Gasteiger partial charge in [0.1, 0.15) is 11.6 Å². The van der Waals surface area contributed by atoms with Crippen LogP contribution < -0.4 is 10.6 Å². The SMILES string of the molecule is N#C/C(=C/NCC1CCCO1)C(=O)Nc1ccc(Cl)c(Cl)c1. The third-order valence-corrected chi connectivity index (χ3v) is 3.90. The van der Waals surface area contributed by atoms with Gasteiger partial charge in [0.15, 0.2) is 0 Å². The number of halogens is 2. The fraction of sp³-hybridized carbons (Fsp3) is 0.333. The van der Waals surface area contributed by atoms with Gasteiger partial charge in [-0.15, -0.1) is 0 Å². The number of hydrogen-bond donors (Lipinski definition) is 2. The molecule has 22 heavy (non-hydrogen) atoms. The zero-order valence-electron chi connectivity index (χ0n) is 11.7. The third kappa shape index (κ3) is 4.63. The second-order valence-corrected chi connectivity index (χ2v) is 5.61. The average Bonchev–Trinajstić information content (AvgIpc) is 3.00. The van der Waals surface area contributed by atoms with E-state index in [9.17, 15) is 4.79 Å². The predicted octanol–water partition coefficient (Wildman–Crippen LogP) is 3.11. The van der Waals surface area contributed by atoms with E-state index < -0.39 is 5.91 Å². The van der Waals surface area contributed by atoms with E-state index in [-0.39, 0.29) is 11.7 Å². The van der Waals surface area contributed by atoms with Crippen molar-refractivity contribution in [3.05, 3.63) is 40.0 Å². The number of amides is 1. The van der Waals surface area contributed by atoms with Gasteiger partial charge in [0.05, 0.1) is 16.1 Å². The van der Waals surface area contributed by atoms with Crippen LogP contribution in [-0.4, -0.2) is 25.2 Å². The Morgan fingerprint density at radius 3 is 2.91 bits per heavy atom. The van der Waals surface area contributed by atoms with E-state index in [1.54, 1.807) is 12.1 Å². The summed E-state index contributed by atoms with van der Waals surface area (Å²) in [6.07, 6.45) is 3.56. The number of rotatable bonds is 5. The highest BCUT2D eigenvalue weighted by molar-refractivity contribution is 6.42. The molecule has 0 spiro atoms. The van der Waals surface area contributed by atoms with Crippen molar-refractivity contribution in [1.82, 2.24) is 5.32 Å². The summed E-state index contributed by atoms with van der Waals surface area (Å²) in [5.41, 5.74) is 0.448. The van der Waals surface area contributed by atoms with Gasteiger partial charge in [0.25, 0.3) is 5.91 Å². The number of hydrogen-bond acceptors (Lipinski definition) is 4. The van der Waals surface area contributed by atoms with Gasteiger partial charge in [-0.1, -0.05) is 23.2 Å². The fourth-order valence-corrected chi connectivity index (χ4v) is 2.32. The molecule has 1 amide bonds. The van der Waals surface area contributed by atoms with E-state index in [4.69, 9.17) is 33.2 Å². The van der Waals surface area contributed by atoms with Crippen molar-refractivity contribution < 1.29 is 9.53 Å². The summed E-state index contributed by atoms with van der Waals surface area (Å²) in [7, 11) is 0. The molecule has 1 unspecified atom stereocenters. The van der Waals surface area contributed by atoms with Crippen molar-refractivity contribution in [3.63, 3.8) is 0 Å². The molecule has 1 aliphatic heterocycles. The predicted molar refractivity (Wildman–Crippen MR) is 85.8 cm³/mol. The van der Waals surface area contributed by atoms with Gasteiger partial charge in [-0.2, -0.15) is 5.26 Å². The standard InChI is InChI=1S/C15H15Cl2N3O2/c16-13-4-3-11(6-14(13)17)20-15(21)10(7-18)8-19-9-12-2-1-5-22-12/h3-4,6,8,12,19H,1-2,5,9H2,(H,20,21)/b10-8-. The van der Waals surface area contributed by atoms with Gasteiger partial charge in [-0.05, 0) is 31.0 Å². The number of nitrogens with one attached hydrogen (secondary N) is 2. The van der Waals surface area contributed by atoms with Gasteiger partial charge >= 0.3 is 0 Å². The summed E-state index contributed by atoms with van der Waals surface area (Å²) in [6, 6.07) is 6.57. The van der Waals surface area contributed by atoms with Crippen molar-refractivity contribution >= 4 is 34.8 Å². The van der Waals surface area contributed by atoms with Crippen LogP contribution in [0.2, 0.25) is 10.0 Å². The Morgan fingerprint density at radius 1 is 1.45 bits per heavy atom. The molecule has 7 heteroatoms. The van der Waals surface area contributed by atoms with Gasteiger partial charge in [-0.25, -0.2) is 0 Å². The highest BCUT2D eigenvalue weighted by Crippen LogP contribution is 2.25. The Balaban J connectivity index is 1.92. The van der Waals surface area contributed by atoms with Gasteiger partial charge < -0.3 is 15.4 Å². The van der Waals surface area contributed by atoms with Crippen molar-refractivity contribution in [2.24, 2.45) is 0 Å². The van der Waals surface area contributed by atoms with Crippen LogP contribution in [0.3, 0.4) is 0 Å². The van der Waals surface area contributed by atoms with E-state index in [1.807, 2.05) is 6.07 Å². The lowest BCUT2D eigenvalue weighted by Gasteiger charge is -2.09. The Kier molecular flexibility index (Phi) is 6.08. The molecular formula is C15H15Cl2N3O2.